The molecule has 1 N–H and O–H groups in total. The molecule has 4 amide bonds. The van der Waals surface area contributed by atoms with Gasteiger partial charge in [-0.1, -0.05) is 31.2 Å². The average Bonchev–Trinajstić information content (AvgIpc) is 3.25. The van der Waals surface area contributed by atoms with Crippen molar-refractivity contribution >= 4 is 35.3 Å². The van der Waals surface area contributed by atoms with Gasteiger partial charge in [-0.2, -0.15) is 0 Å². The number of carbonyl (C=O) groups excluding carboxylic acids is 3. The third kappa shape index (κ3) is 3.79. The molecule has 1 fully saturated rings. The SMILES string of the molecule is CCc1ccc(N2C(=O)NC(=O)/C(=C\c3ccc(-c4ccccc4[N+](=O)[O-])o3)C2=O)cc1. The Bertz CT molecular complexity index is 1270. The standard InChI is InChI=1S/C23H17N3O6/c1-2-14-7-9-15(10-8-14)25-22(28)18(21(27)24-23(25)29)13-16-11-12-20(32-16)17-5-3-4-6-19(17)26(30)31/h3-13H,2H2,1H3,(H,24,27,29)/b18-13+. The van der Waals surface area contributed by atoms with Crippen LogP contribution in [0.1, 0.15) is 18.2 Å². The lowest BCUT2D eigenvalue weighted by molar-refractivity contribution is -0.384. The van der Waals surface area contributed by atoms with Crippen LogP contribution in [-0.2, 0) is 16.0 Å². The first-order valence-corrected chi connectivity index (χ1v) is 9.73. The quantitative estimate of drug-likeness (QED) is 0.281. The van der Waals surface area contributed by atoms with Gasteiger partial charge in [0.1, 0.15) is 17.1 Å². The maximum Gasteiger partial charge on any atom is 0.335 e. The molecule has 4 rings (SSSR count). The van der Waals surface area contributed by atoms with Crippen molar-refractivity contribution < 1.29 is 23.7 Å². The van der Waals surface area contributed by atoms with Gasteiger partial charge in [-0.25, -0.2) is 9.69 Å². The molecule has 2 aromatic carbocycles. The van der Waals surface area contributed by atoms with E-state index in [9.17, 15) is 24.5 Å². The van der Waals surface area contributed by atoms with Crippen LogP contribution >= 0.6 is 0 Å². The Labute approximate surface area is 182 Å². The number of amides is 4. The first-order valence-electron chi connectivity index (χ1n) is 9.73. The van der Waals surface area contributed by atoms with E-state index in [-0.39, 0.29) is 28.3 Å². The van der Waals surface area contributed by atoms with Gasteiger partial charge in [0.15, 0.2) is 0 Å². The van der Waals surface area contributed by atoms with Crippen molar-refractivity contribution in [2.45, 2.75) is 13.3 Å². The van der Waals surface area contributed by atoms with Gasteiger partial charge in [-0.05, 0) is 48.4 Å². The topological polar surface area (TPSA) is 123 Å². The van der Waals surface area contributed by atoms with E-state index >= 15 is 0 Å². The molecule has 0 spiro atoms. The van der Waals surface area contributed by atoms with E-state index in [0.717, 1.165) is 16.9 Å². The normalized spacial score (nSPS) is 15.2. The van der Waals surface area contributed by atoms with Crippen molar-refractivity contribution in [2.75, 3.05) is 4.90 Å². The van der Waals surface area contributed by atoms with Crippen molar-refractivity contribution in [3.05, 3.63) is 87.7 Å². The first kappa shape index (κ1) is 20.7. The Morgan fingerprint density at radius 2 is 1.75 bits per heavy atom. The van der Waals surface area contributed by atoms with Gasteiger partial charge < -0.3 is 4.42 Å². The van der Waals surface area contributed by atoms with Crippen molar-refractivity contribution in [2.24, 2.45) is 0 Å². The van der Waals surface area contributed by atoms with Crippen LogP contribution in [0.15, 0.2) is 70.7 Å². The van der Waals surface area contributed by atoms with E-state index < -0.39 is 22.8 Å². The second kappa shape index (κ2) is 8.31. The Hall–Kier alpha value is -4.53. The smallest absolute Gasteiger partial charge is 0.335 e. The molecule has 1 aromatic heterocycles. The zero-order valence-electron chi connectivity index (χ0n) is 16.9. The van der Waals surface area contributed by atoms with Crippen LogP contribution in [0.4, 0.5) is 16.2 Å². The zero-order chi connectivity index (χ0) is 22.8. The summed E-state index contributed by atoms with van der Waals surface area (Å²) in [5.41, 5.74) is 1.17. The van der Waals surface area contributed by atoms with Crippen LogP contribution in [0.25, 0.3) is 17.4 Å². The molecule has 0 atom stereocenters. The van der Waals surface area contributed by atoms with Gasteiger partial charge >= 0.3 is 6.03 Å². The van der Waals surface area contributed by atoms with Crippen molar-refractivity contribution in [1.82, 2.24) is 5.32 Å². The number of nitro groups is 1. The lowest BCUT2D eigenvalue weighted by Crippen LogP contribution is -2.54. The van der Waals surface area contributed by atoms with Crippen molar-refractivity contribution in [3.8, 4) is 11.3 Å². The summed E-state index contributed by atoms with van der Waals surface area (Å²) in [6, 6.07) is 15.0. The van der Waals surface area contributed by atoms with Gasteiger partial charge in [0.05, 0.1) is 16.2 Å². The molecule has 1 aliphatic rings. The lowest BCUT2D eigenvalue weighted by Gasteiger charge is -2.26. The fourth-order valence-electron chi connectivity index (χ4n) is 3.33. The van der Waals surface area contributed by atoms with Crippen LogP contribution in [-0.4, -0.2) is 22.8 Å². The Morgan fingerprint density at radius 3 is 2.44 bits per heavy atom. The van der Waals surface area contributed by atoms with E-state index in [2.05, 4.69) is 5.32 Å². The highest BCUT2D eigenvalue weighted by atomic mass is 16.6. The number of nitro benzene ring substituents is 1. The second-order valence-corrected chi connectivity index (χ2v) is 6.95. The molecule has 32 heavy (non-hydrogen) atoms. The molecule has 160 valence electrons. The summed E-state index contributed by atoms with van der Waals surface area (Å²) < 4.78 is 5.64. The lowest BCUT2D eigenvalue weighted by atomic mass is 10.1. The number of anilines is 1. The fourth-order valence-corrected chi connectivity index (χ4v) is 3.33. The molecule has 0 aliphatic carbocycles. The van der Waals surface area contributed by atoms with E-state index in [0.29, 0.717) is 5.69 Å². The molecule has 0 radical (unpaired) electrons. The van der Waals surface area contributed by atoms with Gasteiger partial charge in [0.2, 0.25) is 0 Å². The molecule has 1 aliphatic heterocycles. The summed E-state index contributed by atoms with van der Waals surface area (Å²) in [6.45, 7) is 1.98. The predicted octanol–water partition coefficient (Wildman–Crippen LogP) is 4.08. The summed E-state index contributed by atoms with van der Waals surface area (Å²) in [5, 5.41) is 13.4. The maximum atomic E-state index is 13.0. The fraction of sp³-hybridized carbons (Fsp3) is 0.0870. The second-order valence-electron chi connectivity index (χ2n) is 6.95. The number of benzene rings is 2. The van der Waals surface area contributed by atoms with Gasteiger partial charge in [-0.3, -0.25) is 25.0 Å². The summed E-state index contributed by atoms with van der Waals surface area (Å²) >= 11 is 0. The van der Waals surface area contributed by atoms with E-state index in [1.54, 1.807) is 30.3 Å². The molecule has 9 nitrogen and oxygen atoms in total. The van der Waals surface area contributed by atoms with E-state index in [1.165, 1.54) is 36.4 Å². The molecule has 9 heteroatoms. The van der Waals surface area contributed by atoms with Gasteiger partial charge in [0.25, 0.3) is 17.5 Å². The zero-order valence-corrected chi connectivity index (χ0v) is 16.9. The largest absolute Gasteiger partial charge is 0.456 e. The number of aryl methyl sites for hydroxylation is 1. The third-order valence-corrected chi connectivity index (χ3v) is 4.98. The maximum absolute atomic E-state index is 13.0. The molecule has 1 saturated heterocycles. The van der Waals surface area contributed by atoms with Gasteiger partial charge in [-0.15, -0.1) is 0 Å². The Balaban J connectivity index is 1.68. The molecule has 3 aromatic rings. The highest BCUT2D eigenvalue weighted by Gasteiger charge is 2.37. The molecular weight excluding hydrogens is 414 g/mol. The van der Waals surface area contributed by atoms with Crippen LogP contribution < -0.4 is 10.2 Å². The van der Waals surface area contributed by atoms with Crippen molar-refractivity contribution in [1.29, 1.82) is 0 Å². The number of hydrogen-bond acceptors (Lipinski definition) is 6. The number of nitrogens with one attached hydrogen (secondary N) is 1. The molecule has 0 unspecified atom stereocenters. The summed E-state index contributed by atoms with van der Waals surface area (Å²) in [5.74, 6) is -1.32. The predicted molar refractivity (Wildman–Crippen MR) is 116 cm³/mol. The van der Waals surface area contributed by atoms with E-state index in [1.807, 2.05) is 6.92 Å². The number of urea groups is 1. The highest BCUT2D eigenvalue weighted by Crippen LogP contribution is 2.32. The minimum absolute atomic E-state index is 0.132. The molecule has 0 bridgehead atoms. The number of hydrogen-bond donors (Lipinski definition) is 1. The minimum Gasteiger partial charge on any atom is -0.456 e. The van der Waals surface area contributed by atoms with Gasteiger partial charge in [0, 0.05) is 6.07 Å². The number of rotatable bonds is 5. The van der Waals surface area contributed by atoms with Crippen LogP contribution in [0.5, 0.6) is 0 Å². The summed E-state index contributed by atoms with van der Waals surface area (Å²) in [4.78, 5) is 49.2. The van der Waals surface area contributed by atoms with Crippen molar-refractivity contribution in [3.63, 3.8) is 0 Å². The number of para-hydroxylation sites is 1. The Kier molecular flexibility index (Phi) is 5.38. The first-order chi connectivity index (χ1) is 15.4. The highest BCUT2D eigenvalue weighted by molar-refractivity contribution is 6.39. The summed E-state index contributed by atoms with van der Waals surface area (Å²) in [7, 11) is 0. The molecule has 2 heterocycles. The minimum atomic E-state index is -0.856. The van der Waals surface area contributed by atoms with Crippen LogP contribution in [0, 0.1) is 10.1 Å². The van der Waals surface area contributed by atoms with Crippen LogP contribution in [0.3, 0.4) is 0 Å². The molecular formula is C23H17N3O6. The number of imide groups is 2. The number of barbiturate groups is 1. The monoisotopic (exact) mass is 431 g/mol. The summed E-state index contributed by atoms with van der Waals surface area (Å²) in [6.07, 6.45) is 2.00. The number of carbonyl (C=O) groups is 3. The van der Waals surface area contributed by atoms with E-state index in [4.69, 9.17) is 4.42 Å². The Morgan fingerprint density at radius 1 is 1.03 bits per heavy atom. The number of furan rings is 1. The third-order valence-electron chi connectivity index (χ3n) is 4.98. The van der Waals surface area contributed by atoms with Crippen LogP contribution in [0.2, 0.25) is 0 Å². The number of nitrogens with zero attached hydrogens (tertiary/aromatic N) is 2. The molecule has 0 saturated carbocycles. The average molecular weight is 431 g/mol.